The molecule has 1 aromatic carbocycles. The number of aliphatic hydroxyl groups is 1. The van der Waals surface area contributed by atoms with Crippen LogP contribution in [0.1, 0.15) is 44.6 Å². The molecule has 0 saturated heterocycles. The van der Waals surface area contributed by atoms with E-state index in [1.807, 2.05) is 37.3 Å². The predicted octanol–water partition coefficient (Wildman–Crippen LogP) is 3.45. The van der Waals surface area contributed by atoms with Gasteiger partial charge in [-0.05, 0) is 25.3 Å². The molecule has 1 N–H and O–H groups in total. The lowest BCUT2D eigenvalue weighted by Crippen LogP contribution is -2.48. The third-order valence-electron chi connectivity index (χ3n) is 4.34. The highest BCUT2D eigenvalue weighted by molar-refractivity contribution is 5.21. The molecule has 1 fully saturated rings. The van der Waals surface area contributed by atoms with Gasteiger partial charge in [0.2, 0.25) is 0 Å². The van der Waals surface area contributed by atoms with Crippen LogP contribution in [0.4, 0.5) is 0 Å². The van der Waals surface area contributed by atoms with Crippen molar-refractivity contribution in [2.75, 3.05) is 0 Å². The minimum absolute atomic E-state index is 0.557. The van der Waals surface area contributed by atoms with E-state index in [9.17, 15) is 10.4 Å². The molecule has 0 bridgehead atoms. The van der Waals surface area contributed by atoms with Crippen LogP contribution >= 0.6 is 0 Å². The molecule has 1 atom stereocenters. The van der Waals surface area contributed by atoms with Crippen LogP contribution in [0.2, 0.25) is 0 Å². The Morgan fingerprint density at radius 1 is 1.22 bits per heavy atom. The van der Waals surface area contributed by atoms with Crippen molar-refractivity contribution in [3.8, 4) is 6.07 Å². The molecule has 0 heterocycles. The second-order valence-electron chi connectivity index (χ2n) is 5.69. The zero-order valence-electron chi connectivity index (χ0n) is 11.0. The largest absolute Gasteiger partial charge is 0.388 e. The van der Waals surface area contributed by atoms with Crippen molar-refractivity contribution in [3.05, 3.63) is 35.9 Å². The van der Waals surface area contributed by atoms with Crippen molar-refractivity contribution in [1.29, 1.82) is 5.26 Å². The number of benzene rings is 1. The van der Waals surface area contributed by atoms with Crippen LogP contribution in [-0.2, 0) is 6.42 Å². The van der Waals surface area contributed by atoms with E-state index in [2.05, 4.69) is 6.07 Å². The maximum absolute atomic E-state index is 10.8. The normalized spacial score (nSPS) is 21.8. The first-order chi connectivity index (χ1) is 8.60. The van der Waals surface area contributed by atoms with Gasteiger partial charge in [-0.1, -0.05) is 49.6 Å². The lowest BCUT2D eigenvalue weighted by molar-refractivity contribution is -0.0569. The Bertz CT molecular complexity index is 424. The predicted molar refractivity (Wildman–Crippen MR) is 71.9 cm³/mol. The molecule has 18 heavy (non-hydrogen) atoms. The summed E-state index contributed by atoms with van der Waals surface area (Å²) < 4.78 is 0. The lowest BCUT2D eigenvalue weighted by atomic mass is 9.63. The quantitative estimate of drug-likeness (QED) is 0.883. The summed E-state index contributed by atoms with van der Waals surface area (Å²) in [4.78, 5) is 0. The first-order valence-corrected chi connectivity index (χ1v) is 6.77. The second kappa shape index (κ2) is 5.12. The lowest BCUT2D eigenvalue weighted by Gasteiger charge is -2.43. The maximum Gasteiger partial charge on any atom is 0.0860 e. The third kappa shape index (κ3) is 2.42. The average molecular weight is 243 g/mol. The molecule has 1 aliphatic carbocycles. The summed E-state index contributed by atoms with van der Waals surface area (Å²) >= 11 is 0. The van der Waals surface area contributed by atoms with Gasteiger partial charge in [-0.3, -0.25) is 0 Å². The van der Waals surface area contributed by atoms with Crippen molar-refractivity contribution in [3.63, 3.8) is 0 Å². The zero-order chi connectivity index (χ0) is 13.1. The van der Waals surface area contributed by atoms with Crippen LogP contribution in [0.3, 0.4) is 0 Å². The fourth-order valence-corrected chi connectivity index (χ4v) is 3.09. The molecule has 0 amide bonds. The standard InChI is InChI=1S/C16H21NO/c1-15(18,12-14-8-4-2-5-9-14)16(13-17)10-6-3-7-11-16/h2,4-5,8-9,18H,3,6-7,10-12H2,1H3. The summed E-state index contributed by atoms with van der Waals surface area (Å²) in [5, 5.41) is 20.4. The molecule has 0 spiro atoms. The fourth-order valence-electron chi connectivity index (χ4n) is 3.09. The van der Waals surface area contributed by atoms with Gasteiger partial charge in [-0.15, -0.1) is 0 Å². The van der Waals surface area contributed by atoms with E-state index in [1.165, 1.54) is 6.42 Å². The average Bonchev–Trinajstić information content (AvgIpc) is 2.40. The number of rotatable bonds is 3. The highest BCUT2D eigenvalue weighted by atomic mass is 16.3. The van der Waals surface area contributed by atoms with Crippen LogP contribution in [0.25, 0.3) is 0 Å². The molecule has 1 unspecified atom stereocenters. The van der Waals surface area contributed by atoms with E-state index >= 15 is 0 Å². The molecular formula is C16H21NO. The Hall–Kier alpha value is -1.33. The van der Waals surface area contributed by atoms with Crippen molar-refractivity contribution < 1.29 is 5.11 Å². The molecule has 1 saturated carbocycles. The van der Waals surface area contributed by atoms with Gasteiger partial charge < -0.3 is 5.11 Å². The third-order valence-corrected chi connectivity index (χ3v) is 4.34. The summed E-state index contributed by atoms with van der Waals surface area (Å²) in [6.07, 6.45) is 5.50. The van der Waals surface area contributed by atoms with Crippen LogP contribution in [0.5, 0.6) is 0 Å². The Morgan fingerprint density at radius 3 is 2.39 bits per heavy atom. The topological polar surface area (TPSA) is 44.0 Å². The zero-order valence-corrected chi connectivity index (χ0v) is 11.0. The van der Waals surface area contributed by atoms with Gasteiger partial charge in [-0.2, -0.15) is 5.26 Å². The van der Waals surface area contributed by atoms with E-state index < -0.39 is 11.0 Å². The molecule has 1 aromatic rings. The number of hydrogen-bond acceptors (Lipinski definition) is 2. The van der Waals surface area contributed by atoms with Gasteiger partial charge in [-0.25, -0.2) is 0 Å². The second-order valence-corrected chi connectivity index (χ2v) is 5.69. The van der Waals surface area contributed by atoms with Gasteiger partial charge in [0.05, 0.1) is 17.1 Å². The molecule has 96 valence electrons. The summed E-state index contributed by atoms with van der Waals surface area (Å²) in [6.45, 7) is 1.83. The maximum atomic E-state index is 10.8. The molecule has 1 aliphatic rings. The summed E-state index contributed by atoms with van der Waals surface area (Å²) in [5.74, 6) is 0. The number of nitrogens with zero attached hydrogens (tertiary/aromatic N) is 1. The highest BCUT2D eigenvalue weighted by Crippen LogP contribution is 2.45. The van der Waals surface area contributed by atoms with Crippen molar-refractivity contribution in [2.45, 2.75) is 51.0 Å². The Labute approximate surface area is 109 Å². The smallest absolute Gasteiger partial charge is 0.0860 e. The molecule has 0 aromatic heterocycles. The van der Waals surface area contributed by atoms with E-state index in [4.69, 9.17) is 0 Å². The molecule has 2 rings (SSSR count). The summed E-state index contributed by atoms with van der Waals surface area (Å²) in [5.41, 5.74) is -0.410. The fraction of sp³-hybridized carbons (Fsp3) is 0.562. The van der Waals surface area contributed by atoms with Gasteiger partial charge in [0.25, 0.3) is 0 Å². The Kier molecular flexibility index (Phi) is 3.73. The molecular weight excluding hydrogens is 222 g/mol. The van der Waals surface area contributed by atoms with E-state index in [1.54, 1.807) is 0 Å². The van der Waals surface area contributed by atoms with Crippen LogP contribution in [0.15, 0.2) is 30.3 Å². The van der Waals surface area contributed by atoms with Crippen molar-refractivity contribution in [1.82, 2.24) is 0 Å². The first-order valence-electron chi connectivity index (χ1n) is 6.77. The van der Waals surface area contributed by atoms with E-state index in [0.717, 1.165) is 31.2 Å². The van der Waals surface area contributed by atoms with Crippen molar-refractivity contribution >= 4 is 0 Å². The van der Waals surface area contributed by atoms with Crippen LogP contribution < -0.4 is 0 Å². The minimum Gasteiger partial charge on any atom is -0.388 e. The molecule has 2 nitrogen and oxygen atoms in total. The number of nitriles is 1. The van der Waals surface area contributed by atoms with Gasteiger partial charge >= 0.3 is 0 Å². The SMILES string of the molecule is CC(O)(Cc1ccccc1)C1(C#N)CCCCC1. The van der Waals surface area contributed by atoms with E-state index in [-0.39, 0.29) is 0 Å². The Morgan fingerprint density at radius 2 is 1.83 bits per heavy atom. The van der Waals surface area contributed by atoms with Gasteiger partial charge in [0.1, 0.15) is 0 Å². The van der Waals surface area contributed by atoms with E-state index in [0.29, 0.717) is 6.42 Å². The molecule has 2 heteroatoms. The Balaban J connectivity index is 2.21. The van der Waals surface area contributed by atoms with Crippen LogP contribution in [0, 0.1) is 16.7 Å². The molecule has 0 aliphatic heterocycles. The monoisotopic (exact) mass is 243 g/mol. The van der Waals surface area contributed by atoms with Crippen LogP contribution in [-0.4, -0.2) is 10.7 Å². The van der Waals surface area contributed by atoms with Gasteiger partial charge in [0.15, 0.2) is 0 Å². The summed E-state index contributed by atoms with van der Waals surface area (Å²) in [6, 6.07) is 12.4. The summed E-state index contributed by atoms with van der Waals surface area (Å²) in [7, 11) is 0. The van der Waals surface area contributed by atoms with Crippen molar-refractivity contribution in [2.24, 2.45) is 5.41 Å². The number of hydrogen-bond donors (Lipinski definition) is 1. The molecule has 0 radical (unpaired) electrons. The van der Waals surface area contributed by atoms with Gasteiger partial charge in [0, 0.05) is 6.42 Å². The minimum atomic E-state index is -0.941. The highest BCUT2D eigenvalue weighted by Gasteiger charge is 2.47. The first kappa shape index (κ1) is 13.1.